The summed E-state index contributed by atoms with van der Waals surface area (Å²) in [4.78, 5) is 17.0. The van der Waals surface area contributed by atoms with Gasteiger partial charge >= 0.3 is 0 Å². The van der Waals surface area contributed by atoms with Crippen LogP contribution in [0.3, 0.4) is 0 Å². The van der Waals surface area contributed by atoms with Crippen molar-refractivity contribution in [2.75, 3.05) is 38.5 Å². The van der Waals surface area contributed by atoms with Gasteiger partial charge in [0.1, 0.15) is 5.82 Å². The van der Waals surface area contributed by atoms with Gasteiger partial charge in [-0.25, -0.2) is 4.68 Å². The van der Waals surface area contributed by atoms with Gasteiger partial charge < -0.3 is 10.2 Å². The van der Waals surface area contributed by atoms with Gasteiger partial charge in [-0.3, -0.25) is 9.69 Å². The number of anilines is 1. The van der Waals surface area contributed by atoms with E-state index in [0.29, 0.717) is 18.5 Å². The Labute approximate surface area is 145 Å². The Morgan fingerprint density at radius 1 is 1.29 bits per heavy atom. The van der Waals surface area contributed by atoms with Gasteiger partial charge in [-0.05, 0) is 32.7 Å². The van der Waals surface area contributed by atoms with Crippen LogP contribution in [0.1, 0.15) is 39.0 Å². The first kappa shape index (κ1) is 17.4. The van der Waals surface area contributed by atoms with Crippen LogP contribution in [0.4, 0.5) is 5.82 Å². The molecule has 3 rings (SSSR count). The summed E-state index contributed by atoms with van der Waals surface area (Å²) >= 11 is 0. The first-order valence-corrected chi connectivity index (χ1v) is 9.36. The molecule has 1 N–H and O–H groups in total. The van der Waals surface area contributed by atoms with Crippen LogP contribution in [-0.4, -0.2) is 64.8 Å². The lowest BCUT2D eigenvalue weighted by Crippen LogP contribution is -2.52. The van der Waals surface area contributed by atoms with Crippen LogP contribution in [0, 0.1) is 5.92 Å². The highest BCUT2D eigenvalue weighted by Crippen LogP contribution is 2.25. The third kappa shape index (κ3) is 4.57. The molecule has 0 spiro atoms. The van der Waals surface area contributed by atoms with Crippen molar-refractivity contribution in [1.29, 1.82) is 0 Å². The van der Waals surface area contributed by atoms with Gasteiger partial charge in [-0.1, -0.05) is 19.3 Å². The van der Waals surface area contributed by atoms with E-state index < -0.39 is 0 Å². The Hall–Kier alpha value is -1.40. The van der Waals surface area contributed by atoms with Gasteiger partial charge in [0.15, 0.2) is 0 Å². The highest BCUT2D eigenvalue weighted by molar-refractivity contribution is 5.91. The zero-order valence-electron chi connectivity index (χ0n) is 15.1. The molecular formula is C18H31N5O. The van der Waals surface area contributed by atoms with E-state index >= 15 is 0 Å². The van der Waals surface area contributed by atoms with Gasteiger partial charge in [-0.2, -0.15) is 5.10 Å². The topological polar surface area (TPSA) is 53.4 Å². The van der Waals surface area contributed by atoms with E-state index in [1.165, 1.54) is 32.1 Å². The number of amides is 1. The number of rotatable bonds is 5. The van der Waals surface area contributed by atoms with Crippen molar-refractivity contribution in [3.8, 4) is 0 Å². The summed E-state index contributed by atoms with van der Waals surface area (Å²) in [6, 6.07) is 2.33. The standard InChI is InChI=1S/C18H31N5O/c1-15-12-21(2)10-11-22(15)14-18(24)20-17-8-9-19-23(17)13-16-6-4-3-5-7-16/h8-9,15-16H,3-7,10-14H2,1-2H3,(H,20,24). The minimum atomic E-state index is 0.0665. The summed E-state index contributed by atoms with van der Waals surface area (Å²) < 4.78 is 1.97. The predicted molar refractivity (Wildman–Crippen MR) is 96.0 cm³/mol. The molecule has 2 heterocycles. The fraction of sp³-hybridized carbons (Fsp3) is 0.778. The van der Waals surface area contributed by atoms with Crippen molar-refractivity contribution in [3.63, 3.8) is 0 Å². The Morgan fingerprint density at radius 2 is 2.08 bits per heavy atom. The Morgan fingerprint density at radius 3 is 2.83 bits per heavy atom. The summed E-state index contributed by atoms with van der Waals surface area (Å²) in [5.41, 5.74) is 0. The minimum Gasteiger partial charge on any atom is -0.310 e. The first-order chi connectivity index (χ1) is 11.6. The van der Waals surface area contributed by atoms with Crippen LogP contribution in [0.15, 0.2) is 12.3 Å². The fourth-order valence-corrected chi connectivity index (χ4v) is 3.98. The molecule has 1 aromatic heterocycles. The maximum Gasteiger partial charge on any atom is 0.239 e. The van der Waals surface area contributed by atoms with Crippen molar-refractivity contribution in [2.24, 2.45) is 5.92 Å². The Kier molecular flexibility index (Phi) is 5.89. The van der Waals surface area contributed by atoms with E-state index in [1.807, 2.05) is 10.7 Å². The monoisotopic (exact) mass is 333 g/mol. The van der Waals surface area contributed by atoms with E-state index in [1.54, 1.807) is 6.20 Å². The number of piperazine rings is 1. The van der Waals surface area contributed by atoms with Crippen molar-refractivity contribution in [3.05, 3.63) is 12.3 Å². The van der Waals surface area contributed by atoms with E-state index in [0.717, 1.165) is 32.0 Å². The second-order valence-electron chi connectivity index (χ2n) is 7.53. The predicted octanol–water partition coefficient (Wildman–Crippen LogP) is 2.04. The average Bonchev–Trinajstić information content (AvgIpc) is 2.98. The molecule has 6 heteroatoms. The first-order valence-electron chi connectivity index (χ1n) is 9.36. The van der Waals surface area contributed by atoms with E-state index in [2.05, 4.69) is 34.2 Å². The highest BCUT2D eigenvalue weighted by Gasteiger charge is 2.24. The summed E-state index contributed by atoms with van der Waals surface area (Å²) in [6.45, 7) is 6.57. The Balaban J connectivity index is 1.52. The normalized spacial score (nSPS) is 24.2. The SMILES string of the molecule is CC1CN(C)CCN1CC(=O)Nc1ccnn1CC1CCCCC1. The summed E-state index contributed by atoms with van der Waals surface area (Å²) in [6.07, 6.45) is 8.38. The molecule has 0 radical (unpaired) electrons. The molecule has 2 fully saturated rings. The lowest BCUT2D eigenvalue weighted by atomic mass is 9.89. The third-order valence-corrected chi connectivity index (χ3v) is 5.45. The average molecular weight is 333 g/mol. The molecule has 1 unspecified atom stereocenters. The Bertz CT molecular complexity index is 537. The van der Waals surface area contributed by atoms with Crippen LogP contribution in [0.25, 0.3) is 0 Å². The third-order valence-electron chi connectivity index (χ3n) is 5.45. The van der Waals surface area contributed by atoms with Crippen LogP contribution in [0.2, 0.25) is 0 Å². The number of nitrogens with zero attached hydrogens (tertiary/aromatic N) is 4. The van der Waals surface area contributed by atoms with Crippen molar-refractivity contribution in [2.45, 2.75) is 51.6 Å². The summed E-state index contributed by atoms with van der Waals surface area (Å²) in [5.74, 6) is 1.61. The molecule has 24 heavy (non-hydrogen) atoms. The van der Waals surface area contributed by atoms with Crippen molar-refractivity contribution < 1.29 is 4.79 Å². The maximum absolute atomic E-state index is 12.4. The largest absolute Gasteiger partial charge is 0.310 e. The van der Waals surface area contributed by atoms with E-state index in [-0.39, 0.29) is 5.91 Å². The lowest BCUT2D eigenvalue weighted by Gasteiger charge is -2.37. The zero-order valence-corrected chi connectivity index (χ0v) is 15.1. The molecule has 1 atom stereocenters. The van der Waals surface area contributed by atoms with Crippen LogP contribution >= 0.6 is 0 Å². The molecule has 1 aromatic rings. The van der Waals surface area contributed by atoms with E-state index in [9.17, 15) is 4.79 Å². The second kappa shape index (κ2) is 8.12. The lowest BCUT2D eigenvalue weighted by molar-refractivity contribution is -0.118. The van der Waals surface area contributed by atoms with Gasteiger partial charge in [0.2, 0.25) is 5.91 Å². The molecule has 134 valence electrons. The summed E-state index contributed by atoms with van der Waals surface area (Å²) in [7, 11) is 2.14. The number of aromatic nitrogens is 2. The summed E-state index contributed by atoms with van der Waals surface area (Å²) in [5, 5.41) is 7.48. The molecule has 1 saturated carbocycles. The van der Waals surface area contributed by atoms with Gasteiger partial charge in [0.05, 0.1) is 12.7 Å². The number of carbonyl (C=O) groups is 1. The van der Waals surface area contributed by atoms with Crippen molar-refractivity contribution >= 4 is 11.7 Å². The number of hydrogen-bond donors (Lipinski definition) is 1. The molecule has 1 saturated heterocycles. The van der Waals surface area contributed by atoms with Crippen LogP contribution in [-0.2, 0) is 11.3 Å². The van der Waals surface area contributed by atoms with Gasteiger partial charge in [0, 0.05) is 38.3 Å². The van der Waals surface area contributed by atoms with E-state index in [4.69, 9.17) is 0 Å². The number of nitrogens with one attached hydrogen (secondary N) is 1. The molecule has 0 bridgehead atoms. The molecule has 0 aromatic carbocycles. The highest BCUT2D eigenvalue weighted by atomic mass is 16.2. The number of hydrogen-bond acceptors (Lipinski definition) is 4. The van der Waals surface area contributed by atoms with Crippen LogP contribution < -0.4 is 5.32 Å². The quantitative estimate of drug-likeness (QED) is 0.896. The molecule has 2 aliphatic rings. The number of carbonyl (C=O) groups excluding carboxylic acids is 1. The maximum atomic E-state index is 12.4. The molecule has 6 nitrogen and oxygen atoms in total. The van der Waals surface area contributed by atoms with Crippen LogP contribution in [0.5, 0.6) is 0 Å². The molecule has 1 aliphatic heterocycles. The zero-order chi connectivity index (χ0) is 16.9. The number of likely N-dealkylation sites (N-methyl/N-ethyl adjacent to an activating group) is 1. The second-order valence-corrected chi connectivity index (χ2v) is 7.53. The van der Waals surface area contributed by atoms with Gasteiger partial charge in [0.25, 0.3) is 0 Å². The van der Waals surface area contributed by atoms with Gasteiger partial charge in [-0.15, -0.1) is 0 Å². The molecular weight excluding hydrogens is 302 g/mol. The molecule has 1 amide bonds. The van der Waals surface area contributed by atoms with Crippen molar-refractivity contribution in [1.82, 2.24) is 19.6 Å². The molecule has 1 aliphatic carbocycles. The fourth-order valence-electron chi connectivity index (χ4n) is 3.98. The smallest absolute Gasteiger partial charge is 0.239 e. The minimum absolute atomic E-state index is 0.0665.